The fourth-order valence-electron chi connectivity index (χ4n) is 3.88. The summed E-state index contributed by atoms with van der Waals surface area (Å²) in [5.41, 5.74) is 6.06. The second-order valence-electron chi connectivity index (χ2n) is 7.92. The van der Waals surface area contributed by atoms with Gasteiger partial charge in [-0.3, -0.25) is 0 Å². The summed E-state index contributed by atoms with van der Waals surface area (Å²) in [4.78, 5) is 2.44. The molecule has 23 heavy (non-hydrogen) atoms. The van der Waals surface area contributed by atoms with Crippen molar-refractivity contribution < 1.29 is 0 Å². The third kappa shape index (κ3) is 7.87. The predicted octanol–water partition coefficient (Wildman–Crippen LogP) is 4.92. The number of nitrogens with one attached hydrogen (secondary N) is 1. The molecule has 0 aromatic rings. The molecular formula is C20H42N2Si. The molecule has 0 aromatic carbocycles. The predicted molar refractivity (Wildman–Crippen MR) is 109 cm³/mol. The van der Waals surface area contributed by atoms with E-state index in [-0.39, 0.29) is 0 Å². The lowest BCUT2D eigenvalue weighted by Gasteiger charge is -2.38. The molecule has 0 aliphatic carbocycles. The lowest BCUT2D eigenvalue weighted by atomic mass is 10.2. The van der Waals surface area contributed by atoms with Gasteiger partial charge >= 0.3 is 0 Å². The minimum absolute atomic E-state index is 0.744. The molecule has 0 aliphatic heterocycles. The van der Waals surface area contributed by atoms with Crippen molar-refractivity contribution in [2.75, 3.05) is 33.7 Å². The molecule has 0 unspecified atom stereocenters. The Bertz CT molecular complexity index is 331. The minimum Gasteiger partial charge on any atom is -0.320 e. The van der Waals surface area contributed by atoms with Crippen LogP contribution >= 0.6 is 0 Å². The van der Waals surface area contributed by atoms with Crippen LogP contribution in [0.4, 0.5) is 0 Å². The molecule has 0 atom stereocenters. The van der Waals surface area contributed by atoms with Crippen LogP contribution in [0.2, 0.25) is 16.6 Å². The summed E-state index contributed by atoms with van der Waals surface area (Å²) in [6.07, 6.45) is 4.82. The standard InChI is InChI=1S/C20H42N2Si/c1-18(2)23(19(3)4,20(5)6)17-12-10-9-11-15-22(8)16-13-14-21-7/h18-21H,9-11,13-16H2,1-8H3. The molecule has 136 valence electrons. The van der Waals surface area contributed by atoms with E-state index in [1.54, 1.807) is 0 Å². The smallest absolute Gasteiger partial charge is 0.145 e. The first-order valence-corrected chi connectivity index (χ1v) is 11.8. The number of unbranched alkanes of at least 4 members (excludes halogenated alkanes) is 2. The molecule has 0 fully saturated rings. The summed E-state index contributed by atoms with van der Waals surface area (Å²) in [6.45, 7) is 17.8. The van der Waals surface area contributed by atoms with E-state index in [4.69, 9.17) is 0 Å². The van der Waals surface area contributed by atoms with Crippen LogP contribution in [-0.4, -0.2) is 46.7 Å². The first kappa shape index (κ1) is 22.7. The molecule has 0 spiro atoms. The van der Waals surface area contributed by atoms with Crippen molar-refractivity contribution in [2.45, 2.75) is 83.8 Å². The summed E-state index contributed by atoms with van der Waals surface area (Å²) in [6, 6.07) is 0. The molecule has 1 N–H and O–H groups in total. The highest BCUT2D eigenvalue weighted by Crippen LogP contribution is 2.40. The maximum absolute atomic E-state index is 3.83. The molecule has 0 heterocycles. The van der Waals surface area contributed by atoms with E-state index in [0.29, 0.717) is 0 Å². The van der Waals surface area contributed by atoms with Gasteiger partial charge in [-0.2, -0.15) is 0 Å². The Labute approximate surface area is 147 Å². The Morgan fingerprint density at radius 2 is 1.39 bits per heavy atom. The average molecular weight is 339 g/mol. The molecule has 0 saturated heterocycles. The Balaban J connectivity index is 4.28. The number of rotatable bonds is 11. The molecule has 0 radical (unpaired) electrons. The highest BCUT2D eigenvalue weighted by molar-refractivity contribution is 6.90. The van der Waals surface area contributed by atoms with E-state index in [9.17, 15) is 0 Å². The maximum Gasteiger partial charge on any atom is 0.145 e. The quantitative estimate of drug-likeness (QED) is 0.327. The van der Waals surface area contributed by atoms with Crippen LogP contribution in [0.1, 0.15) is 67.2 Å². The first-order chi connectivity index (χ1) is 10.8. The van der Waals surface area contributed by atoms with Crippen LogP contribution < -0.4 is 5.32 Å². The Kier molecular flexibility index (Phi) is 12.0. The van der Waals surface area contributed by atoms with Gasteiger partial charge in [0.15, 0.2) is 0 Å². The molecule has 0 rings (SSSR count). The monoisotopic (exact) mass is 338 g/mol. The van der Waals surface area contributed by atoms with Gasteiger partial charge in [0.2, 0.25) is 0 Å². The summed E-state index contributed by atoms with van der Waals surface area (Å²) >= 11 is 0. The molecule has 0 aliphatic rings. The van der Waals surface area contributed by atoms with Crippen molar-refractivity contribution in [2.24, 2.45) is 0 Å². The van der Waals surface area contributed by atoms with Gasteiger partial charge in [0.1, 0.15) is 8.07 Å². The van der Waals surface area contributed by atoms with E-state index >= 15 is 0 Å². The van der Waals surface area contributed by atoms with Crippen molar-refractivity contribution in [1.82, 2.24) is 10.2 Å². The van der Waals surface area contributed by atoms with Crippen molar-refractivity contribution in [3.8, 4) is 11.5 Å². The second kappa shape index (κ2) is 12.1. The largest absolute Gasteiger partial charge is 0.320 e. The van der Waals surface area contributed by atoms with E-state index in [1.807, 2.05) is 7.05 Å². The maximum atomic E-state index is 3.83. The zero-order valence-electron chi connectivity index (χ0n) is 17.1. The number of nitrogens with zero attached hydrogens (tertiary/aromatic N) is 1. The van der Waals surface area contributed by atoms with Crippen LogP contribution in [0.3, 0.4) is 0 Å². The third-order valence-electron chi connectivity index (χ3n) is 5.23. The fraction of sp³-hybridized carbons (Fsp3) is 0.900. The van der Waals surface area contributed by atoms with Gasteiger partial charge in [-0.15, -0.1) is 11.5 Å². The van der Waals surface area contributed by atoms with Gasteiger partial charge in [-0.1, -0.05) is 41.5 Å². The Morgan fingerprint density at radius 1 is 0.870 bits per heavy atom. The van der Waals surface area contributed by atoms with Crippen LogP contribution in [0, 0.1) is 11.5 Å². The average Bonchev–Trinajstić information content (AvgIpc) is 2.45. The van der Waals surface area contributed by atoms with Gasteiger partial charge in [0.25, 0.3) is 0 Å². The highest BCUT2D eigenvalue weighted by Gasteiger charge is 2.41. The summed E-state index contributed by atoms with van der Waals surface area (Å²) in [5.74, 6) is 3.58. The first-order valence-electron chi connectivity index (χ1n) is 9.62. The third-order valence-corrected chi connectivity index (χ3v) is 11.6. The second-order valence-corrected chi connectivity index (χ2v) is 13.5. The van der Waals surface area contributed by atoms with E-state index in [0.717, 1.165) is 29.6 Å². The molecule has 2 nitrogen and oxygen atoms in total. The zero-order chi connectivity index (χ0) is 17.9. The zero-order valence-corrected chi connectivity index (χ0v) is 18.1. The molecule has 3 heteroatoms. The topological polar surface area (TPSA) is 15.3 Å². The van der Waals surface area contributed by atoms with E-state index in [2.05, 4.69) is 70.3 Å². The normalized spacial score (nSPS) is 12.3. The van der Waals surface area contributed by atoms with Crippen LogP contribution in [0.25, 0.3) is 0 Å². The molecule has 0 bridgehead atoms. The fourth-order valence-corrected chi connectivity index (χ4v) is 9.18. The Hall–Kier alpha value is -0.303. The van der Waals surface area contributed by atoms with E-state index < -0.39 is 8.07 Å². The van der Waals surface area contributed by atoms with Crippen molar-refractivity contribution in [3.63, 3.8) is 0 Å². The number of hydrogen-bond acceptors (Lipinski definition) is 2. The minimum atomic E-state index is -1.51. The number of hydrogen-bond donors (Lipinski definition) is 1. The van der Waals surface area contributed by atoms with E-state index in [1.165, 1.54) is 32.4 Å². The molecule has 0 amide bonds. The van der Waals surface area contributed by atoms with Gasteiger partial charge in [-0.25, -0.2) is 0 Å². The molecular weight excluding hydrogens is 296 g/mol. The Morgan fingerprint density at radius 3 is 1.87 bits per heavy atom. The van der Waals surface area contributed by atoms with Crippen LogP contribution in [-0.2, 0) is 0 Å². The van der Waals surface area contributed by atoms with Gasteiger partial charge in [0.05, 0.1) is 0 Å². The summed E-state index contributed by atoms with van der Waals surface area (Å²) in [5, 5.41) is 3.21. The molecule has 0 saturated carbocycles. The van der Waals surface area contributed by atoms with Crippen LogP contribution in [0.15, 0.2) is 0 Å². The lowest BCUT2D eigenvalue weighted by molar-refractivity contribution is 0.321. The van der Waals surface area contributed by atoms with Crippen molar-refractivity contribution >= 4 is 8.07 Å². The summed E-state index contributed by atoms with van der Waals surface area (Å²) < 4.78 is 0. The lowest BCUT2D eigenvalue weighted by Crippen LogP contribution is -2.43. The van der Waals surface area contributed by atoms with Crippen molar-refractivity contribution in [1.29, 1.82) is 0 Å². The SMILES string of the molecule is CNCCCN(C)CCCCC#C[Si](C(C)C)(C(C)C)C(C)C. The van der Waals surface area contributed by atoms with Crippen molar-refractivity contribution in [3.05, 3.63) is 0 Å². The van der Waals surface area contributed by atoms with Gasteiger partial charge < -0.3 is 10.2 Å². The van der Waals surface area contributed by atoms with Crippen LogP contribution in [0.5, 0.6) is 0 Å². The van der Waals surface area contributed by atoms with Gasteiger partial charge in [0, 0.05) is 6.42 Å². The highest BCUT2D eigenvalue weighted by atomic mass is 28.3. The van der Waals surface area contributed by atoms with Gasteiger partial charge in [-0.05, 0) is 69.6 Å². The molecule has 0 aromatic heterocycles. The summed E-state index contributed by atoms with van der Waals surface area (Å²) in [7, 11) is 2.74.